The quantitative estimate of drug-likeness (QED) is 0.590. The Morgan fingerprint density at radius 1 is 1.11 bits per heavy atom. The number of anilines is 1. The van der Waals surface area contributed by atoms with Crippen molar-refractivity contribution in [1.82, 2.24) is 10.3 Å². The molecule has 0 saturated heterocycles. The molecule has 0 aliphatic rings. The first-order valence-corrected chi connectivity index (χ1v) is 9.60. The maximum Gasteiger partial charge on any atom is 0.251 e. The number of hydrogen-bond acceptors (Lipinski definition) is 4. The zero-order valence-electron chi connectivity index (χ0n) is 15.6. The number of halogens is 1. The number of benzene rings is 2. The first-order chi connectivity index (χ1) is 13.4. The van der Waals surface area contributed by atoms with E-state index < -0.39 is 0 Å². The number of nitrogens with one attached hydrogen (secondary N) is 2. The molecule has 1 aromatic heterocycles. The van der Waals surface area contributed by atoms with Crippen LogP contribution in [0.4, 0.5) is 5.69 Å². The molecule has 3 aromatic rings. The Bertz CT molecular complexity index is 977. The third-order valence-electron chi connectivity index (χ3n) is 4.17. The van der Waals surface area contributed by atoms with Gasteiger partial charge >= 0.3 is 0 Å². The molecule has 2 amide bonds. The van der Waals surface area contributed by atoms with Crippen LogP contribution in [0.5, 0.6) is 0 Å². The molecule has 0 fully saturated rings. The summed E-state index contributed by atoms with van der Waals surface area (Å²) in [7, 11) is 0. The summed E-state index contributed by atoms with van der Waals surface area (Å²) in [4.78, 5) is 28.6. The van der Waals surface area contributed by atoms with Crippen molar-refractivity contribution in [2.75, 3.05) is 11.9 Å². The van der Waals surface area contributed by atoms with Gasteiger partial charge in [-0.2, -0.15) is 0 Å². The highest BCUT2D eigenvalue weighted by Gasteiger charge is 2.10. The number of hydrogen-bond donors (Lipinski definition) is 2. The standard InChI is InChI=1S/C21H20BrN3O3/c1-13-14(2)28-21(24-13)16-4-3-5-18(12-16)25-19(26)10-11-23-20(27)15-6-8-17(22)9-7-15/h3-9,12H,10-11H2,1-2H3,(H,23,27)(H,25,26). The smallest absolute Gasteiger partial charge is 0.251 e. The predicted molar refractivity (Wildman–Crippen MR) is 111 cm³/mol. The van der Waals surface area contributed by atoms with Crippen LogP contribution in [0.2, 0.25) is 0 Å². The van der Waals surface area contributed by atoms with Crippen LogP contribution in [-0.4, -0.2) is 23.3 Å². The Balaban J connectivity index is 1.53. The number of rotatable bonds is 6. The van der Waals surface area contributed by atoms with Crippen LogP contribution in [0.3, 0.4) is 0 Å². The molecule has 2 aromatic carbocycles. The van der Waals surface area contributed by atoms with E-state index >= 15 is 0 Å². The van der Waals surface area contributed by atoms with E-state index in [-0.39, 0.29) is 24.8 Å². The van der Waals surface area contributed by atoms with Crippen molar-refractivity contribution in [3.05, 3.63) is 70.0 Å². The van der Waals surface area contributed by atoms with E-state index in [1.807, 2.05) is 32.0 Å². The fourth-order valence-corrected chi connectivity index (χ4v) is 2.81. The van der Waals surface area contributed by atoms with Crippen molar-refractivity contribution in [3.63, 3.8) is 0 Å². The lowest BCUT2D eigenvalue weighted by molar-refractivity contribution is -0.116. The minimum Gasteiger partial charge on any atom is -0.441 e. The molecule has 0 unspecified atom stereocenters. The van der Waals surface area contributed by atoms with Gasteiger partial charge in [-0.1, -0.05) is 22.0 Å². The van der Waals surface area contributed by atoms with Crippen molar-refractivity contribution < 1.29 is 14.0 Å². The van der Waals surface area contributed by atoms with Crippen molar-refractivity contribution in [2.45, 2.75) is 20.3 Å². The Hall–Kier alpha value is -2.93. The van der Waals surface area contributed by atoms with Crippen LogP contribution in [0, 0.1) is 13.8 Å². The van der Waals surface area contributed by atoms with Gasteiger partial charge in [-0.05, 0) is 56.3 Å². The van der Waals surface area contributed by atoms with Crippen molar-refractivity contribution in [1.29, 1.82) is 0 Å². The number of oxazole rings is 1. The fourth-order valence-electron chi connectivity index (χ4n) is 2.54. The third-order valence-corrected chi connectivity index (χ3v) is 4.69. The molecule has 0 radical (unpaired) electrons. The maximum atomic E-state index is 12.2. The number of aromatic nitrogens is 1. The highest BCUT2D eigenvalue weighted by molar-refractivity contribution is 9.10. The molecule has 7 heteroatoms. The number of carbonyl (C=O) groups excluding carboxylic acids is 2. The molecule has 28 heavy (non-hydrogen) atoms. The van der Waals surface area contributed by atoms with Crippen LogP contribution in [-0.2, 0) is 4.79 Å². The van der Waals surface area contributed by atoms with E-state index in [1.165, 1.54) is 0 Å². The number of amides is 2. The minimum absolute atomic E-state index is 0.170. The number of aryl methyl sites for hydroxylation is 2. The van der Waals surface area contributed by atoms with Gasteiger partial charge in [-0.3, -0.25) is 9.59 Å². The molecule has 6 nitrogen and oxygen atoms in total. The summed E-state index contributed by atoms with van der Waals surface area (Å²) in [5, 5.41) is 5.57. The first kappa shape index (κ1) is 19.8. The normalized spacial score (nSPS) is 10.5. The van der Waals surface area contributed by atoms with Gasteiger partial charge in [0.15, 0.2) is 0 Å². The lowest BCUT2D eigenvalue weighted by atomic mass is 10.2. The van der Waals surface area contributed by atoms with Gasteiger partial charge in [0, 0.05) is 34.3 Å². The summed E-state index contributed by atoms with van der Waals surface area (Å²) in [5.41, 5.74) is 2.83. The summed E-state index contributed by atoms with van der Waals surface area (Å²) in [6, 6.07) is 14.3. The molecule has 0 saturated carbocycles. The topological polar surface area (TPSA) is 84.2 Å². The minimum atomic E-state index is -0.211. The summed E-state index contributed by atoms with van der Waals surface area (Å²) in [5.74, 6) is 0.892. The Labute approximate surface area is 171 Å². The highest BCUT2D eigenvalue weighted by atomic mass is 79.9. The summed E-state index contributed by atoms with van der Waals surface area (Å²) >= 11 is 3.33. The SMILES string of the molecule is Cc1nc(-c2cccc(NC(=O)CCNC(=O)c3ccc(Br)cc3)c2)oc1C. The van der Waals surface area contributed by atoms with E-state index in [2.05, 4.69) is 31.5 Å². The van der Waals surface area contributed by atoms with Crippen LogP contribution < -0.4 is 10.6 Å². The van der Waals surface area contributed by atoms with Gasteiger partial charge < -0.3 is 15.1 Å². The fraction of sp³-hybridized carbons (Fsp3) is 0.190. The van der Waals surface area contributed by atoms with Gasteiger partial charge in [0.1, 0.15) is 5.76 Å². The van der Waals surface area contributed by atoms with Gasteiger partial charge in [0.2, 0.25) is 11.8 Å². The molecule has 1 heterocycles. The van der Waals surface area contributed by atoms with E-state index in [9.17, 15) is 9.59 Å². The predicted octanol–water partition coefficient (Wildman–Crippen LogP) is 4.48. The van der Waals surface area contributed by atoms with E-state index in [0.717, 1.165) is 21.5 Å². The van der Waals surface area contributed by atoms with Crippen LogP contribution in [0.25, 0.3) is 11.5 Å². The molecule has 2 N–H and O–H groups in total. The molecule has 0 spiro atoms. The van der Waals surface area contributed by atoms with Gasteiger partial charge in [0.25, 0.3) is 5.91 Å². The Morgan fingerprint density at radius 3 is 2.54 bits per heavy atom. The Kier molecular flexibility index (Phi) is 6.26. The number of nitrogens with zero attached hydrogens (tertiary/aromatic N) is 1. The first-order valence-electron chi connectivity index (χ1n) is 8.80. The van der Waals surface area contributed by atoms with E-state index in [4.69, 9.17) is 4.42 Å². The molecule has 0 aliphatic heterocycles. The number of carbonyl (C=O) groups is 2. The van der Waals surface area contributed by atoms with Crippen LogP contribution in [0.15, 0.2) is 57.4 Å². The third kappa shape index (κ3) is 5.07. The summed E-state index contributed by atoms with van der Waals surface area (Å²) in [6.07, 6.45) is 0.170. The van der Waals surface area contributed by atoms with Gasteiger partial charge in [-0.25, -0.2) is 4.98 Å². The van der Waals surface area contributed by atoms with Crippen LogP contribution >= 0.6 is 15.9 Å². The molecular weight excluding hydrogens is 422 g/mol. The lowest BCUT2D eigenvalue weighted by Crippen LogP contribution is -2.27. The second kappa shape index (κ2) is 8.84. The van der Waals surface area contributed by atoms with Crippen LogP contribution in [0.1, 0.15) is 28.2 Å². The van der Waals surface area contributed by atoms with Gasteiger partial charge in [-0.15, -0.1) is 0 Å². The zero-order valence-corrected chi connectivity index (χ0v) is 17.2. The highest BCUT2D eigenvalue weighted by Crippen LogP contribution is 2.24. The van der Waals surface area contributed by atoms with E-state index in [1.54, 1.807) is 30.3 Å². The lowest BCUT2D eigenvalue weighted by Gasteiger charge is -2.08. The molecule has 144 valence electrons. The molecule has 0 atom stereocenters. The second-order valence-corrected chi connectivity index (χ2v) is 7.22. The monoisotopic (exact) mass is 441 g/mol. The molecular formula is C21H20BrN3O3. The van der Waals surface area contributed by atoms with E-state index in [0.29, 0.717) is 17.1 Å². The van der Waals surface area contributed by atoms with Gasteiger partial charge in [0.05, 0.1) is 5.69 Å². The van der Waals surface area contributed by atoms with Crippen molar-refractivity contribution >= 4 is 33.4 Å². The summed E-state index contributed by atoms with van der Waals surface area (Å²) < 4.78 is 6.53. The maximum absolute atomic E-state index is 12.2. The summed E-state index contributed by atoms with van der Waals surface area (Å²) in [6.45, 7) is 4.00. The second-order valence-electron chi connectivity index (χ2n) is 6.30. The average Bonchev–Trinajstić information content (AvgIpc) is 3.01. The van der Waals surface area contributed by atoms with Crippen molar-refractivity contribution in [2.24, 2.45) is 0 Å². The zero-order chi connectivity index (χ0) is 20.1. The Morgan fingerprint density at radius 2 is 1.86 bits per heavy atom. The largest absolute Gasteiger partial charge is 0.441 e. The molecule has 0 bridgehead atoms. The molecule has 0 aliphatic carbocycles. The van der Waals surface area contributed by atoms with Crippen molar-refractivity contribution in [3.8, 4) is 11.5 Å². The average molecular weight is 442 g/mol. The molecule has 3 rings (SSSR count).